The van der Waals surface area contributed by atoms with E-state index in [1.165, 1.54) is 0 Å². The molecule has 144 valence electrons. The topological polar surface area (TPSA) is 27.7 Å². The molecule has 0 spiro atoms. The van der Waals surface area contributed by atoms with Crippen molar-refractivity contribution in [2.75, 3.05) is 0 Å². The van der Waals surface area contributed by atoms with Crippen molar-refractivity contribution >= 4 is 45.2 Å². The second-order valence-electron chi connectivity index (χ2n) is 6.17. The van der Waals surface area contributed by atoms with Crippen molar-refractivity contribution in [2.45, 2.75) is 0 Å². The van der Waals surface area contributed by atoms with E-state index in [1.54, 1.807) is 0 Å². The molecule has 4 rings (SSSR count). The highest BCUT2D eigenvalue weighted by Crippen LogP contribution is 2.31. The third-order valence-electron chi connectivity index (χ3n) is 3.91. The zero-order chi connectivity index (χ0) is 20.1. The third kappa shape index (κ3) is 5.86. The monoisotopic (exact) mass is 606 g/mol. The quantitative estimate of drug-likeness (QED) is 0.207. The Hall–Kier alpha value is -2.26. The zero-order valence-electron chi connectivity index (χ0n) is 15.2. The summed E-state index contributed by atoms with van der Waals surface area (Å²) in [6.45, 7) is 0. The summed E-state index contributed by atoms with van der Waals surface area (Å²) in [5.41, 5.74) is 0. The fourth-order valence-electron chi connectivity index (χ4n) is 2.67. The van der Waals surface area contributed by atoms with Crippen LogP contribution in [0.3, 0.4) is 0 Å². The van der Waals surface area contributed by atoms with Crippen LogP contribution in [0.5, 0.6) is 34.5 Å². The molecule has 0 aromatic heterocycles. The molecule has 0 heterocycles. The molecule has 0 amide bonds. The van der Waals surface area contributed by atoms with Gasteiger partial charge in [-0.15, -0.1) is 0 Å². The molecule has 0 radical (unpaired) electrons. The lowest BCUT2D eigenvalue weighted by atomic mass is 10.3. The Balaban J connectivity index is 1.48. The van der Waals surface area contributed by atoms with Gasteiger partial charge in [-0.2, -0.15) is 0 Å². The highest BCUT2D eigenvalue weighted by Gasteiger charge is 2.05. The van der Waals surface area contributed by atoms with Gasteiger partial charge in [-0.3, -0.25) is 0 Å². The minimum atomic E-state index is 0.694. The minimum Gasteiger partial charge on any atom is -0.457 e. The van der Waals surface area contributed by atoms with Gasteiger partial charge in [0.05, 0.1) is 0 Å². The van der Waals surface area contributed by atoms with Crippen molar-refractivity contribution in [2.24, 2.45) is 0 Å². The highest BCUT2D eigenvalue weighted by atomic mass is 127. The Labute approximate surface area is 196 Å². The van der Waals surface area contributed by atoms with Crippen molar-refractivity contribution in [3.8, 4) is 34.5 Å². The van der Waals surface area contributed by atoms with Crippen molar-refractivity contribution < 1.29 is 14.2 Å². The van der Waals surface area contributed by atoms with Crippen LogP contribution in [0.4, 0.5) is 0 Å². The number of hydrogen-bond acceptors (Lipinski definition) is 3. The van der Waals surface area contributed by atoms with Crippen LogP contribution in [-0.2, 0) is 0 Å². The van der Waals surface area contributed by atoms with Crippen molar-refractivity contribution in [3.63, 3.8) is 0 Å². The molecule has 0 saturated heterocycles. The zero-order valence-corrected chi connectivity index (χ0v) is 19.5. The Morgan fingerprint density at radius 1 is 0.379 bits per heavy atom. The van der Waals surface area contributed by atoms with Crippen molar-refractivity contribution in [3.05, 3.63) is 104 Å². The first-order valence-corrected chi connectivity index (χ1v) is 11.0. The Kier molecular flexibility index (Phi) is 6.56. The molecule has 0 unspecified atom stereocenters. The molecule has 3 nitrogen and oxygen atoms in total. The molecule has 0 aliphatic heterocycles. The summed E-state index contributed by atoms with van der Waals surface area (Å²) in [6.07, 6.45) is 0. The average Bonchev–Trinajstić information content (AvgIpc) is 2.69. The predicted octanol–water partition coefficient (Wildman–Crippen LogP) is 8.27. The Bertz CT molecular complexity index is 1040. The van der Waals surface area contributed by atoms with Crippen LogP contribution in [0.2, 0.25) is 0 Å². The van der Waals surface area contributed by atoms with Gasteiger partial charge in [0.2, 0.25) is 0 Å². The summed E-state index contributed by atoms with van der Waals surface area (Å²) < 4.78 is 20.1. The summed E-state index contributed by atoms with van der Waals surface area (Å²) in [7, 11) is 0. The maximum absolute atomic E-state index is 6.02. The first kappa shape index (κ1) is 20.0. The maximum atomic E-state index is 6.02. The lowest BCUT2D eigenvalue weighted by molar-refractivity contribution is 0.451. The summed E-state index contributed by atoms with van der Waals surface area (Å²) in [4.78, 5) is 0. The van der Waals surface area contributed by atoms with Gasteiger partial charge in [0.1, 0.15) is 34.5 Å². The van der Waals surface area contributed by atoms with Crippen molar-refractivity contribution in [1.82, 2.24) is 0 Å². The molecule has 4 aromatic rings. The highest BCUT2D eigenvalue weighted by molar-refractivity contribution is 14.1. The second-order valence-corrected chi connectivity index (χ2v) is 8.66. The maximum Gasteiger partial charge on any atom is 0.131 e. The van der Waals surface area contributed by atoms with E-state index in [-0.39, 0.29) is 0 Å². The van der Waals surface area contributed by atoms with Gasteiger partial charge in [-0.1, -0.05) is 24.3 Å². The molecule has 0 atom stereocenters. The van der Waals surface area contributed by atoms with Crippen LogP contribution >= 0.6 is 45.2 Å². The summed E-state index contributed by atoms with van der Waals surface area (Å²) in [5.74, 6) is 4.41. The summed E-state index contributed by atoms with van der Waals surface area (Å²) in [6, 6.07) is 31.0. The number of ether oxygens (including phenoxy) is 3. The Morgan fingerprint density at radius 3 is 0.966 bits per heavy atom. The number of hydrogen-bond donors (Lipinski definition) is 0. The SMILES string of the molecule is Ic1cccc(Oc2cccc(Oc3cccc(Oc4cccc(I)c4)c3)c2)c1. The van der Waals surface area contributed by atoms with Crippen LogP contribution in [0.25, 0.3) is 0 Å². The van der Waals surface area contributed by atoms with E-state index in [1.807, 2.05) is 97.1 Å². The molecule has 4 aromatic carbocycles. The van der Waals surface area contributed by atoms with E-state index >= 15 is 0 Å². The van der Waals surface area contributed by atoms with Gasteiger partial charge >= 0.3 is 0 Å². The van der Waals surface area contributed by atoms with Gasteiger partial charge in [-0.25, -0.2) is 0 Å². The average molecular weight is 606 g/mol. The van der Waals surface area contributed by atoms with Crippen LogP contribution in [-0.4, -0.2) is 0 Å². The molecule has 29 heavy (non-hydrogen) atoms. The molecular weight excluding hydrogens is 590 g/mol. The van der Waals surface area contributed by atoms with E-state index < -0.39 is 0 Å². The molecule has 0 aliphatic rings. The van der Waals surface area contributed by atoms with Gasteiger partial charge in [-0.05, 0) is 106 Å². The summed E-state index contributed by atoms with van der Waals surface area (Å²) in [5, 5.41) is 0. The van der Waals surface area contributed by atoms with Gasteiger partial charge in [0.25, 0.3) is 0 Å². The first-order valence-electron chi connectivity index (χ1n) is 8.89. The third-order valence-corrected chi connectivity index (χ3v) is 5.25. The van der Waals surface area contributed by atoms with Crippen LogP contribution in [0.1, 0.15) is 0 Å². The summed E-state index contributed by atoms with van der Waals surface area (Å²) >= 11 is 4.53. The smallest absolute Gasteiger partial charge is 0.131 e. The van der Waals surface area contributed by atoms with E-state index in [9.17, 15) is 0 Å². The standard InChI is InChI=1S/C24H16I2O3/c25-17-5-1-7-19(13-17)27-21-9-3-11-23(15-21)29-24-12-4-10-22(16-24)28-20-8-2-6-18(26)14-20/h1-16H. The molecular formula is C24H16I2O3. The van der Waals surface area contributed by atoms with E-state index in [4.69, 9.17) is 14.2 Å². The van der Waals surface area contributed by atoms with Crippen molar-refractivity contribution in [1.29, 1.82) is 0 Å². The lowest BCUT2D eigenvalue weighted by Crippen LogP contribution is -1.89. The van der Waals surface area contributed by atoms with E-state index in [0.717, 1.165) is 30.1 Å². The minimum absolute atomic E-state index is 0.694. The lowest BCUT2D eigenvalue weighted by Gasteiger charge is -2.11. The molecule has 0 bridgehead atoms. The molecule has 0 aliphatic carbocycles. The predicted molar refractivity (Wildman–Crippen MR) is 131 cm³/mol. The van der Waals surface area contributed by atoms with Gasteiger partial charge in [0.15, 0.2) is 0 Å². The normalized spacial score (nSPS) is 10.4. The largest absolute Gasteiger partial charge is 0.457 e. The molecule has 5 heteroatoms. The molecule has 0 fully saturated rings. The van der Waals surface area contributed by atoms with Gasteiger partial charge in [0, 0.05) is 19.3 Å². The molecule has 0 N–H and O–H groups in total. The Morgan fingerprint density at radius 2 is 0.655 bits per heavy atom. The first-order chi connectivity index (χ1) is 14.1. The van der Waals surface area contributed by atoms with Crippen LogP contribution < -0.4 is 14.2 Å². The van der Waals surface area contributed by atoms with E-state index in [2.05, 4.69) is 45.2 Å². The molecule has 0 saturated carbocycles. The van der Waals surface area contributed by atoms with Gasteiger partial charge < -0.3 is 14.2 Å². The number of rotatable bonds is 6. The fraction of sp³-hybridized carbons (Fsp3) is 0. The van der Waals surface area contributed by atoms with E-state index in [0.29, 0.717) is 11.5 Å². The second kappa shape index (κ2) is 9.49. The fourth-order valence-corrected chi connectivity index (χ4v) is 3.70. The van der Waals surface area contributed by atoms with Crippen LogP contribution in [0.15, 0.2) is 97.1 Å². The number of benzene rings is 4. The van der Waals surface area contributed by atoms with Crippen LogP contribution in [0, 0.1) is 7.14 Å². The number of halogens is 2.